The SMILES string of the molecule is COc1ccc(CC(=O)OCC(=O)N2CCN(c3ncccn3)CC2)cc1OC. The molecule has 1 aromatic carbocycles. The summed E-state index contributed by atoms with van der Waals surface area (Å²) in [6.07, 6.45) is 3.43. The Morgan fingerprint density at radius 1 is 1.00 bits per heavy atom. The molecule has 0 atom stereocenters. The van der Waals surface area contributed by atoms with E-state index in [1.807, 2.05) is 4.90 Å². The third kappa shape index (κ3) is 5.34. The lowest BCUT2D eigenvalue weighted by atomic mass is 10.1. The molecule has 1 aromatic heterocycles. The molecule has 154 valence electrons. The number of hydrogen-bond donors (Lipinski definition) is 0. The lowest BCUT2D eigenvalue weighted by molar-refractivity contribution is -0.151. The molecule has 9 nitrogen and oxygen atoms in total. The van der Waals surface area contributed by atoms with E-state index in [0.29, 0.717) is 43.6 Å². The first kappa shape index (κ1) is 20.4. The van der Waals surface area contributed by atoms with Crippen LogP contribution in [0.1, 0.15) is 5.56 Å². The first-order chi connectivity index (χ1) is 14.1. The number of rotatable bonds is 7. The quantitative estimate of drug-likeness (QED) is 0.634. The molecule has 1 amide bonds. The fourth-order valence-corrected chi connectivity index (χ4v) is 3.05. The number of methoxy groups -OCH3 is 2. The molecule has 0 spiro atoms. The molecule has 0 bridgehead atoms. The summed E-state index contributed by atoms with van der Waals surface area (Å²) in [6, 6.07) is 6.96. The predicted octanol–water partition coefficient (Wildman–Crippen LogP) is 0.928. The fourth-order valence-electron chi connectivity index (χ4n) is 3.05. The topological polar surface area (TPSA) is 94.1 Å². The van der Waals surface area contributed by atoms with Crippen molar-refractivity contribution in [2.75, 3.05) is 51.9 Å². The average Bonchev–Trinajstić information content (AvgIpc) is 2.78. The maximum absolute atomic E-state index is 12.3. The minimum absolute atomic E-state index is 0.0484. The van der Waals surface area contributed by atoms with Crippen molar-refractivity contribution in [2.24, 2.45) is 0 Å². The Kier molecular flexibility index (Phi) is 6.83. The second kappa shape index (κ2) is 9.72. The van der Waals surface area contributed by atoms with Crippen LogP contribution in [-0.2, 0) is 20.7 Å². The summed E-state index contributed by atoms with van der Waals surface area (Å²) in [7, 11) is 3.08. The Labute approximate surface area is 169 Å². The van der Waals surface area contributed by atoms with E-state index in [-0.39, 0.29) is 18.9 Å². The zero-order valence-corrected chi connectivity index (χ0v) is 16.5. The van der Waals surface area contributed by atoms with Crippen molar-refractivity contribution in [2.45, 2.75) is 6.42 Å². The van der Waals surface area contributed by atoms with Crippen LogP contribution in [0.25, 0.3) is 0 Å². The number of carbonyl (C=O) groups excluding carboxylic acids is 2. The third-order valence-corrected chi connectivity index (χ3v) is 4.62. The molecule has 2 heterocycles. The van der Waals surface area contributed by atoms with Gasteiger partial charge in [-0.15, -0.1) is 0 Å². The molecule has 1 aliphatic heterocycles. The molecule has 1 fully saturated rings. The van der Waals surface area contributed by atoms with Crippen LogP contribution in [-0.4, -0.2) is 73.7 Å². The van der Waals surface area contributed by atoms with Crippen molar-refractivity contribution in [1.29, 1.82) is 0 Å². The Morgan fingerprint density at radius 3 is 2.34 bits per heavy atom. The number of benzene rings is 1. The van der Waals surface area contributed by atoms with Crippen molar-refractivity contribution in [3.63, 3.8) is 0 Å². The summed E-state index contributed by atoms with van der Waals surface area (Å²) in [5, 5.41) is 0. The van der Waals surface area contributed by atoms with Gasteiger partial charge in [0.15, 0.2) is 18.1 Å². The normalized spacial score (nSPS) is 13.7. The van der Waals surface area contributed by atoms with Crippen molar-refractivity contribution in [1.82, 2.24) is 14.9 Å². The summed E-state index contributed by atoms with van der Waals surface area (Å²) < 4.78 is 15.6. The third-order valence-electron chi connectivity index (χ3n) is 4.62. The van der Waals surface area contributed by atoms with Crippen molar-refractivity contribution < 1.29 is 23.8 Å². The van der Waals surface area contributed by atoms with Gasteiger partial charge in [-0.1, -0.05) is 6.07 Å². The van der Waals surface area contributed by atoms with Crippen LogP contribution in [0, 0.1) is 0 Å². The Bertz CT molecular complexity index is 838. The van der Waals surface area contributed by atoms with Gasteiger partial charge in [0.2, 0.25) is 5.95 Å². The zero-order chi connectivity index (χ0) is 20.6. The van der Waals surface area contributed by atoms with Crippen LogP contribution in [0.15, 0.2) is 36.7 Å². The van der Waals surface area contributed by atoms with Gasteiger partial charge >= 0.3 is 5.97 Å². The summed E-state index contributed by atoms with van der Waals surface area (Å²) in [5.41, 5.74) is 0.719. The van der Waals surface area contributed by atoms with Gasteiger partial charge in [-0.3, -0.25) is 9.59 Å². The van der Waals surface area contributed by atoms with E-state index in [1.54, 1.807) is 48.7 Å². The minimum atomic E-state index is -0.470. The number of ether oxygens (including phenoxy) is 3. The second-order valence-corrected chi connectivity index (χ2v) is 6.44. The van der Waals surface area contributed by atoms with Gasteiger partial charge < -0.3 is 24.0 Å². The molecule has 0 unspecified atom stereocenters. The molecular weight excluding hydrogens is 376 g/mol. The molecule has 29 heavy (non-hydrogen) atoms. The smallest absolute Gasteiger partial charge is 0.310 e. The highest BCUT2D eigenvalue weighted by Crippen LogP contribution is 2.27. The van der Waals surface area contributed by atoms with Crippen molar-refractivity contribution >= 4 is 17.8 Å². The number of amides is 1. The standard InChI is InChI=1S/C20H24N4O5/c1-27-16-5-4-15(12-17(16)28-2)13-19(26)29-14-18(25)23-8-10-24(11-9-23)20-21-6-3-7-22-20/h3-7,12H,8-11,13-14H2,1-2H3. The number of carbonyl (C=O) groups is 2. The van der Waals surface area contributed by atoms with Gasteiger partial charge in [0, 0.05) is 38.6 Å². The summed E-state index contributed by atoms with van der Waals surface area (Å²) in [4.78, 5) is 36.6. The molecule has 3 rings (SSSR count). The maximum atomic E-state index is 12.3. The molecule has 2 aromatic rings. The molecule has 1 aliphatic rings. The number of aromatic nitrogens is 2. The highest BCUT2D eigenvalue weighted by Gasteiger charge is 2.23. The van der Waals surface area contributed by atoms with E-state index in [1.165, 1.54) is 7.11 Å². The molecular formula is C20H24N4O5. The van der Waals surface area contributed by atoms with Crippen LogP contribution >= 0.6 is 0 Å². The van der Waals surface area contributed by atoms with E-state index in [2.05, 4.69) is 9.97 Å². The van der Waals surface area contributed by atoms with Gasteiger partial charge in [-0.05, 0) is 23.8 Å². The van der Waals surface area contributed by atoms with E-state index < -0.39 is 5.97 Å². The summed E-state index contributed by atoms with van der Waals surface area (Å²) >= 11 is 0. The van der Waals surface area contributed by atoms with Crippen LogP contribution in [0.5, 0.6) is 11.5 Å². The highest BCUT2D eigenvalue weighted by atomic mass is 16.5. The van der Waals surface area contributed by atoms with Gasteiger partial charge in [0.25, 0.3) is 5.91 Å². The van der Waals surface area contributed by atoms with E-state index in [4.69, 9.17) is 14.2 Å². The number of hydrogen-bond acceptors (Lipinski definition) is 8. The van der Waals surface area contributed by atoms with Gasteiger partial charge in [0.05, 0.1) is 20.6 Å². The first-order valence-electron chi connectivity index (χ1n) is 9.27. The number of nitrogens with zero attached hydrogens (tertiary/aromatic N) is 4. The zero-order valence-electron chi connectivity index (χ0n) is 16.5. The summed E-state index contributed by atoms with van der Waals surface area (Å²) in [6.45, 7) is 2.06. The average molecular weight is 400 g/mol. The highest BCUT2D eigenvalue weighted by molar-refractivity contribution is 5.81. The molecule has 9 heteroatoms. The fraction of sp³-hybridized carbons (Fsp3) is 0.400. The second-order valence-electron chi connectivity index (χ2n) is 6.44. The first-order valence-corrected chi connectivity index (χ1v) is 9.27. The number of anilines is 1. The van der Waals surface area contributed by atoms with Gasteiger partial charge in [0.1, 0.15) is 0 Å². The number of piperazine rings is 1. The molecule has 0 saturated carbocycles. The van der Waals surface area contributed by atoms with Crippen molar-refractivity contribution in [3.8, 4) is 11.5 Å². The predicted molar refractivity (Wildman–Crippen MR) is 105 cm³/mol. The maximum Gasteiger partial charge on any atom is 0.310 e. The molecule has 0 N–H and O–H groups in total. The van der Waals surface area contributed by atoms with Crippen LogP contribution < -0.4 is 14.4 Å². The summed E-state index contributed by atoms with van der Waals surface area (Å²) in [5.74, 6) is 1.09. The van der Waals surface area contributed by atoms with Crippen molar-refractivity contribution in [3.05, 3.63) is 42.2 Å². The van der Waals surface area contributed by atoms with E-state index >= 15 is 0 Å². The molecule has 0 radical (unpaired) electrons. The molecule has 1 saturated heterocycles. The Balaban J connectivity index is 1.44. The Morgan fingerprint density at radius 2 is 1.69 bits per heavy atom. The van der Waals surface area contributed by atoms with Crippen LogP contribution in [0.4, 0.5) is 5.95 Å². The van der Waals surface area contributed by atoms with Crippen LogP contribution in [0.2, 0.25) is 0 Å². The number of esters is 1. The van der Waals surface area contributed by atoms with Gasteiger partial charge in [-0.25, -0.2) is 9.97 Å². The lowest BCUT2D eigenvalue weighted by Gasteiger charge is -2.34. The molecule has 0 aliphatic carbocycles. The largest absolute Gasteiger partial charge is 0.493 e. The van der Waals surface area contributed by atoms with Gasteiger partial charge in [-0.2, -0.15) is 0 Å². The minimum Gasteiger partial charge on any atom is -0.493 e. The lowest BCUT2D eigenvalue weighted by Crippen LogP contribution is -2.50. The Hall–Kier alpha value is -3.36. The van der Waals surface area contributed by atoms with E-state index in [0.717, 1.165) is 5.56 Å². The van der Waals surface area contributed by atoms with Crippen LogP contribution in [0.3, 0.4) is 0 Å². The monoisotopic (exact) mass is 400 g/mol. The van der Waals surface area contributed by atoms with E-state index in [9.17, 15) is 9.59 Å².